The van der Waals surface area contributed by atoms with Crippen LogP contribution in [0, 0.1) is 6.92 Å². The Labute approximate surface area is 142 Å². The summed E-state index contributed by atoms with van der Waals surface area (Å²) in [6.07, 6.45) is 3.16. The molecule has 2 atom stereocenters. The second-order valence-corrected chi connectivity index (χ2v) is 6.02. The van der Waals surface area contributed by atoms with E-state index in [1.165, 1.54) is 6.33 Å². The lowest BCUT2D eigenvalue weighted by atomic mass is 10.1. The fourth-order valence-corrected chi connectivity index (χ4v) is 3.05. The number of nitrogens with one attached hydrogen (secondary N) is 1. The predicted octanol–water partition coefficient (Wildman–Crippen LogP) is 1.82. The molecule has 3 rings (SSSR count). The minimum absolute atomic E-state index is 0. The third-order valence-electron chi connectivity index (χ3n) is 3.95. The molecule has 1 aromatic heterocycles. The number of nitrogens with zero attached hydrogens (tertiary/aromatic N) is 4. The van der Waals surface area contributed by atoms with Gasteiger partial charge in [0.05, 0.1) is 5.69 Å². The third kappa shape index (κ3) is 3.71. The molecule has 1 N–H and O–H groups in total. The first-order chi connectivity index (χ1) is 10.5. The standard InChI is InChI=1S/C16H21N5O.ClH/c1-11-6-14(4-5-15(11)21-10-17-9-18-21)16(22)20-7-12(2)19-13(3)8-20;/h4-6,9-10,12-13,19H,7-8H2,1-3H3;1H. The SMILES string of the molecule is Cc1cc(C(=O)N2CC(C)NC(C)C2)ccc1-n1cncn1.Cl. The maximum atomic E-state index is 12.7. The van der Waals surface area contributed by atoms with Gasteiger partial charge in [0, 0.05) is 30.7 Å². The van der Waals surface area contributed by atoms with E-state index in [4.69, 9.17) is 0 Å². The zero-order valence-corrected chi connectivity index (χ0v) is 14.4. The average Bonchev–Trinajstić information content (AvgIpc) is 2.99. The zero-order chi connectivity index (χ0) is 15.7. The van der Waals surface area contributed by atoms with Gasteiger partial charge in [0.15, 0.2) is 0 Å². The van der Waals surface area contributed by atoms with E-state index in [0.29, 0.717) is 12.1 Å². The van der Waals surface area contributed by atoms with Crippen molar-refractivity contribution in [2.24, 2.45) is 0 Å². The molecule has 7 heteroatoms. The Kier molecular flexibility index (Phi) is 5.38. The van der Waals surface area contributed by atoms with Gasteiger partial charge in [-0.1, -0.05) is 0 Å². The number of hydrogen-bond acceptors (Lipinski definition) is 4. The maximum absolute atomic E-state index is 12.7. The second kappa shape index (κ2) is 7.10. The Bertz CT molecular complexity index is 663. The lowest BCUT2D eigenvalue weighted by Gasteiger charge is -2.36. The predicted molar refractivity (Wildman–Crippen MR) is 91.3 cm³/mol. The van der Waals surface area contributed by atoms with E-state index in [2.05, 4.69) is 29.2 Å². The number of aryl methyl sites for hydroxylation is 1. The van der Waals surface area contributed by atoms with Gasteiger partial charge in [0.25, 0.3) is 5.91 Å². The molecule has 1 aromatic carbocycles. The smallest absolute Gasteiger partial charge is 0.253 e. The molecular weight excluding hydrogens is 314 g/mol. The maximum Gasteiger partial charge on any atom is 0.253 e. The molecule has 0 radical (unpaired) electrons. The minimum atomic E-state index is 0. The molecule has 23 heavy (non-hydrogen) atoms. The summed E-state index contributed by atoms with van der Waals surface area (Å²) < 4.78 is 1.71. The van der Waals surface area contributed by atoms with Crippen molar-refractivity contribution >= 4 is 18.3 Å². The Morgan fingerprint density at radius 2 is 1.96 bits per heavy atom. The van der Waals surface area contributed by atoms with E-state index in [9.17, 15) is 4.79 Å². The first kappa shape index (κ1) is 17.4. The summed E-state index contributed by atoms with van der Waals surface area (Å²) in [4.78, 5) is 18.6. The second-order valence-electron chi connectivity index (χ2n) is 6.02. The van der Waals surface area contributed by atoms with Crippen molar-refractivity contribution < 1.29 is 4.79 Å². The Balaban J connectivity index is 0.00000192. The van der Waals surface area contributed by atoms with E-state index in [1.807, 2.05) is 30.0 Å². The van der Waals surface area contributed by atoms with Crippen LogP contribution in [-0.4, -0.2) is 50.7 Å². The van der Waals surface area contributed by atoms with Gasteiger partial charge >= 0.3 is 0 Å². The molecule has 1 fully saturated rings. The fourth-order valence-electron chi connectivity index (χ4n) is 3.05. The quantitative estimate of drug-likeness (QED) is 0.909. The number of rotatable bonds is 2. The third-order valence-corrected chi connectivity index (χ3v) is 3.95. The summed E-state index contributed by atoms with van der Waals surface area (Å²) in [5, 5.41) is 7.58. The molecule has 1 aliphatic rings. The number of amides is 1. The van der Waals surface area contributed by atoms with Gasteiger partial charge in [0.2, 0.25) is 0 Å². The van der Waals surface area contributed by atoms with Crippen LogP contribution in [0.4, 0.5) is 0 Å². The molecular formula is C16H22ClN5O. The highest BCUT2D eigenvalue weighted by Crippen LogP contribution is 2.17. The summed E-state index contributed by atoms with van der Waals surface area (Å²) in [6.45, 7) is 7.68. The van der Waals surface area contributed by atoms with Gasteiger partial charge in [-0.2, -0.15) is 5.10 Å². The number of carbonyl (C=O) groups excluding carboxylic acids is 1. The van der Waals surface area contributed by atoms with Crippen molar-refractivity contribution in [1.29, 1.82) is 0 Å². The van der Waals surface area contributed by atoms with Crippen LogP contribution in [0.2, 0.25) is 0 Å². The van der Waals surface area contributed by atoms with Crippen LogP contribution < -0.4 is 5.32 Å². The van der Waals surface area contributed by atoms with E-state index >= 15 is 0 Å². The topological polar surface area (TPSA) is 63.1 Å². The van der Waals surface area contributed by atoms with Gasteiger partial charge in [-0.25, -0.2) is 9.67 Å². The summed E-state index contributed by atoms with van der Waals surface area (Å²) in [5.74, 6) is 0.0911. The molecule has 2 heterocycles. The van der Waals surface area contributed by atoms with Crippen molar-refractivity contribution in [2.75, 3.05) is 13.1 Å². The van der Waals surface area contributed by atoms with Crippen LogP contribution in [0.25, 0.3) is 5.69 Å². The highest BCUT2D eigenvalue weighted by atomic mass is 35.5. The molecule has 0 aliphatic carbocycles. The molecule has 1 amide bonds. The van der Waals surface area contributed by atoms with Crippen molar-refractivity contribution in [3.8, 4) is 5.69 Å². The minimum Gasteiger partial charge on any atom is -0.336 e. The number of piperazine rings is 1. The molecule has 2 aromatic rings. The first-order valence-electron chi connectivity index (χ1n) is 7.55. The van der Waals surface area contributed by atoms with E-state index < -0.39 is 0 Å². The average molecular weight is 336 g/mol. The van der Waals surface area contributed by atoms with Gasteiger partial charge in [-0.3, -0.25) is 4.79 Å². The summed E-state index contributed by atoms with van der Waals surface area (Å²) in [5.41, 5.74) is 2.67. The molecule has 0 bridgehead atoms. The Hall–Kier alpha value is -1.92. The lowest BCUT2D eigenvalue weighted by molar-refractivity contribution is 0.0673. The van der Waals surface area contributed by atoms with Gasteiger partial charge in [-0.05, 0) is 44.5 Å². The van der Waals surface area contributed by atoms with Crippen molar-refractivity contribution in [1.82, 2.24) is 25.0 Å². The van der Waals surface area contributed by atoms with E-state index in [0.717, 1.165) is 29.9 Å². The largest absolute Gasteiger partial charge is 0.336 e. The summed E-state index contributed by atoms with van der Waals surface area (Å²) in [6, 6.07) is 6.36. The van der Waals surface area contributed by atoms with Crippen molar-refractivity contribution in [2.45, 2.75) is 32.9 Å². The van der Waals surface area contributed by atoms with E-state index in [1.54, 1.807) is 11.0 Å². The number of halogens is 1. The van der Waals surface area contributed by atoms with Crippen LogP contribution in [0.5, 0.6) is 0 Å². The van der Waals surface area contributed by atoms with Crippen LogP contribution in [0.1, 0.15) is 29.8 Å². The molecule has 6 nitrogen and oxygen atoms in total. The monoisotopic (exact) mass is 335 g/mol. The highest BCUT2D eigenvalue weighted by molar-refractivity contribution is 5.94. The fraction of sp³-hybridized carbons (Fsp3) is 0.438. The van der Waals surface area contributed by atoms with Crippen LogP contribution >= 0.6 is 12.4 Å². The molecule has 124 valence electrons. The molecule has 1 saturated heterocycles. The lowest BCUT2D eigenvalue weighted by Crippen LogP contribution is -2.55. The van der Waals surface area contributed by atoms with Crippen molar-refractivity contribution in [3.05, 3.63) is 42.0 Å². The summed E-state index contributed by atoms with van der Waals surface area (Å²) >= 11 is 0. The number of hydrogen-bond donors (Lipinski definition) is 1. The normalized spacial score (nSPS) is 20.9. The van der Waals surface area contributed by atoms with Crippen LogP contribution in [0.15, 0.2) is 30.9 Å². The van der Waals surface area contributed by atoms with Gasteiger partial charge in [0.1, 0.15) is 12.7 Å². The van der Waals surface area contributed by atoms with E-state index in [-0.39, 0.29) is 18.3 Å². The summed E-state index contributed by atoms with van der Waals surface area (Å²) in [7, 11) is 0. The highest BCUT2D eigenvalue weighted by Gasteiger charge is 2.25. The Morgan fingerprint density at radius 1 is 1.26 bits per heavy atom. The van der Waals surface area contributed by atoms with Gasteiger partial charge in [-0.15, -0.1) is 12.4 Å². The number of aromatic nitrogens is 3. The van der Waals surface area contributed by atoms with Crippen molar-refractivity contribution in [3.63, 3.8) is 0 Å². The Morgan fingerprint density at radius 3 is 2.52 bits per heavy atom. The van der Waals surface area contributed by atoms with Gasteiger partial charge < -0.3 is 10.2 Å². The molecule has 0 saturated carbocycles. The molecule has 2 unspecified atom stereocenters. The van der Waals surface area contributed by atoms with Crippen LogP contribution in [-0.2, 0) is 0 Å². The zero-order valence-electron chi connectivity index (χ0n) is 13.6. The molecule has 0 spiro atoms. The number of benzene rings is 1. The number of carbonyl (C=O) groups is 1. The molecule has 1 aliphatic heterocycles. The first-order valence-corrected chi connectivity index (χ1v) is 7.55. The van der Waals surface area contributed by atoms with Crippen LogP contribution in [0.3, 0.4) is 0 Å².